The topological polar surface area (TPSA) is 129 Å². The Kier molecular flexibility index (Phi) is 6.28. The van der Waals surface area contributed by atoms with Gasteiger partial charge in [0.05, 0.1) is 5.75 Å². The van der Waals surface area contributed by atoms with Crippen LogP contribution in [0.3, 0.4) is 0 Å². The second-order valence-corrected chi connectivity index (χ2v) is 8.23. The van der Waals surface area contributed by atoms with Gasteiger partial charge in [0.15, 0.2) is 5.82 Å². The summed E-state index contributed by atoms with van der Waals surface area (Å²) in [6, 6.07) is 11.4. The molecule has 0 fully saturated rings. The Bertz CT molecular complexity index is 1130. The van der Waals surface area contributed by atoms with E-state index in [4.69, 9.17) is 5.21 Å². The molecule has 0 atom stereocenters. The molecule has 3 aromatic rings. The fraction of sp³-hybridized carbons (Fsp3) is 0.100. The highest BCUT2D eigenvalue weighted by Gasteiger charge is 2.19. The number of sulfonamides is 1. The molecule has 2 aromatic carbocycles. The standard InChI is InChI=1S/C20H18FN3O5S/c21-17-9-15(8-14-2-1-7-22-11-14)10-18(25)19(17)24-30(28,29)12-13-3-5-16(6-4-13)20(26)23-27/h1-7,9-11,24-25,27H,8,12H2,(H,23,26). The largest absolute Gasteiger partial charge is 0.506 e. The maximum atomic E-state index is 14.5. The minimum Gasteiger partial charge on any atom is -0.506 e. The fourth-order valence-corrected chi connectivity index (χ4v) is 4.03. The van der Waals surface area contributed by atoms with E-state index in [1.807, 2.05) is 0 Å². The van der Waals surface area contributed by atoms with Gasteiger partial charge in [0.2, 0.25) is 10.0 Å². The normalized spacial score (nSPS) is 11.1. The number of rotatable bonds is 7. The Morgan fingerprint density at radius 3 is 2.40 bits per heavy atom. The number of hydrogen-bond donors (Lipinski definition) is 4. The highest BCUT2D eigenvalue weighted by molar-refractivity contribution is 7.91. The number of anilines is 1. The number of nitrogens with zero attached hydrogens (tertiary/aromatic N) is 1. The van der Waals surface area contributed by atoms with Crippen LogP contribution in [0.4, 0.5) is 10.1 Å². The van der Waals surface area contributed by atoms with Crippen molar-refractivity contribution in [3.05, 3.63) is 89.0 Å². The van der Waals surface area contributed by atoms with E-state index in [0.717, 1.165) is 11.6 Å². The third-order valence-electron chi connectivity index (χ3n) is 4.19. The van der Waals surface area contributed by atoms with E-state index in [1.165, 1.54) is 35.8 Å². The Morgan fingerprint density at radius 2 is 1.80 bits per heavy atom. The van der Waals surface area contributed by atoms with Gasteiger partial charge in [0, 0.05) is 18.0 Å². The summed E-state index contributed by atoms with van der Waals surface area (Å²) in [7, 11) is -4.05. The zero-order chi connectivity index (χ0) is 21.7. The van der Waals surface area contributed by atoms with Crippen LogP contribution in [0.15, 0.2) is 60.9 Å². The van der Waals surface area contributed by atoms with E-state index in [2.05, 4.69) is 9.71 Å². The molecule has 0 saturated carbocycles. The Morgan fingerprint density at radius 1 is 1.07 bits per heavy atom. The Hall–Kier alpha value is -3.50. The molecular formula is C20H18FN3O5S. The van der Waals surface area contributed by atoms with E-state index in [9.17, 15) is 22.7 Å². The second kappa shape index (κ2) is 8.89. The fourth-order valence-electron chi connectivity index (χ4n) is 2.82. The molecule has 0 spiro atoms. The molecule has 0 aliphatic carbocycles. The van der Waals surface area contributed by atoms with Crippen LogP contribution in [0.5, 0.6) is 5.75 Å². The molecule has 156 valence electrons. The molecule has 0 saturated heterocycles. The summed E-state index contributed by atoms with van der Waals surface area (Å²) in [5.74, 6) is -2.69. The minimum atomic E-state index is -4.05. The van der Waals surface area contributed by atoms with E-state index in [1.54, 1.807) is 24.5 Å². The summed E-state index contributed by atoms with van der Waals surface area (Å²) in [6.45, 7) is 0. The first-order chi connectivity index (χ1) is 14.3. The number of pyridine rings is 1. The lowest BCUT2D eigenvalue weighted by molar-refractivity contribution is 0.0706. The molecule has 4 N–H and O–H groups in total. The SMILES string of the molecule is O=C(NO)c1ccc(CS(=O)(=O)Nc2c(O)cc(Cc3cccnc3)cc2F)cc1. The number of carbonyl (C=O) groups excluding carboxylic acids is 1. The highest BCUT2D eigenvalue weighted by atomic mass is 32.2. The van der Waals surface area contributed by atoms with Crippen LogP contribution < -0.4 is 10.2 Å². The molecule has 3 rings (SSSR count). The number of hydrogen-bond acceptors (Lipinski definition) is 6. The molecule has 1 heterocycles. The summed E-state index contributed by atoms with van der Waals surface area (Å²) in [5.41, 5.74) is 2.66. The first-order valence-electron chi connectivity index (χ1n) is 8.71. The van der Waals surface area contributed by atoms with E-state index in [0.29, 0.717) is 17.5 Å². The maximum absolute atomic E-state index is 14.5. The number of hydroxylamine groups is 1. The van der Waals surface area contributed by atoms with Crippen molar-refractivity contribution < 1.29 is 27.9 Å². The predicted octanol–water partition coefficient (Wildman–Crippen LogP) is 2.58. The molecule has 0 bridgehead atoms. The van der Waals surface area contributed by atoms with Crippen molar-refractivity contribution >= 4 is 21.6 Å². The highest BCUT2D eigenvalue weighted by Crippen LogP contribution is 2.30. The van der Waals surface area contributed by atoms with Crippen molar-refractivity contribution in [2.75, 3.05) is 4.72 Å². The summed E-state index contributed by atoms with van der Waals surface area (Å²) in [5, 5.41) is 18.7. The average Bonchev–Trinajstić information content (AvgIpc) is 2.71. The maximum Gasteiger partial charge on any atom is 0.274 e. The summed E-state index contributed by atoms with van der Waals surface area (Å²) >= 11 is 0. The zero-order valence-corrected chi connectivity index (χ0v) is 16.4. The lowest BCUT2D eigenvalue weighted by atomic mass is 10.1. The van der Waals surface area contributed by atoms with Crippen LogP contribution >= 0.6 is 0 Å². The number of aromatic nitrogens is 1. The number of benzene rings is 2. The molecular weight excluding hydrogens is 413 g/mol. The van der Waals surface area contributed by atoms with E-state index >= 15 is 0 Å². The van der Waals surface area contributed by atoms with Crippen molar-refractivity contribution in [3.63, 3.8) is 0 Å². The lowest BCUT2D eigenvalue weighted by Crippen LogP contribution is -2.19. The summed E-state index contributed by atoms with van der Waals surface area (Å²) in [6.07, 6.45) is 3.54. The van der Waals surface area contributed by atoms with Gasteiger partial charge in [-0.1, -0.05) is 18.2 Å². The summed E-state index contributed by atoms with van der Waals surface area (Å²) < 4.78 is 41.4. The molecule has 0 aliphatic heterocycles. The third-order valence-corrected chi connectivity index (χ3v) is 5.42. The quantitative estimate of drug-likeness (QED) is 0.259. The predicted molar refractivity (Wildman–Crippen MR) is 107 cm³/mol. The Balaban J connectivity index is 1.75. The van der Waals surface area contributed by atoms with Crippen LogP contribution in [0, 0.1) is 5.82 Å². The summed E-state index contributed by atoms with van der Waals surface area (Å²) in [4.78, 5) is 15.3. The first kappa shape index (κ1) is 21.2. The molecule has 0 radical (unpaired) electrons. The van der Waals surface area contributed by atoms with Crippen molar-refractivity contribution in [1.29, 1.82) is 0 Å². The molecule has 8 nitrogen and oxygen atoms in total. The number of amides is 1. The molecule has 0 unspecified atom stereocenters. The zero-order valence-electron chi connectivity index (χ0n) is 15.5. The number of nitrogens with one attached hydrogen (secondary N) is 2. The number of phenolic OH excluding ortho intramolecular Hbond substituents is 1. The molecule has 1 amide bonds. The van der Waals surface area contributed by atoms with Crippen LogP contribution in [-0.2, 0) is 22.2 Å². The van der Waals surface area contributed by atoms with Crippen molar-refractivity contribution in [1.82, 2.24) is 10.5 Å². The van der Waals surface area contributed by atoms with Crippen molar-refractivity contribution in [2.45, 2.75) is 12.2 Å². The molecule has 10 heteroatoms. The number of carbonyl (C=O) groups is 1. The van der Waals surface area contributed by atoms with Crippen LogP contribution in [0.25, 0.3) is 0 Å². The van der Waals surface area contributed by atoms with Gasteiger partial charge in [-0.15, -0.1) is 0 Å². The van der Waals surface area contributed by atoms with Gasteiger partial charge in [-0.2, -0.15) is 0 Å². The van der Waals surface area contributed by atoms with Gasteiger partial charge in [-0.25, -0.2) is 18.3 Å². The molecule has 0 aliphatic rings. The monoisotopic (exact) mass is 431 g/mol. The van der Waals surface area contributed by atoms with Gasteiger partial charge in [-0.3, -0.25) is 19.7 Å². The number of aromatic hydroxyl groups is 1. The van der Waals surface area contributed by atoms with Crippen LogP contribution in [-0.4, -0.2) is 29.6 Å². The van der Waals surface area contributed by atoms with E-state index in [-0.39, 0.29) is 5.56 Å². The second-order valence-electron chi connectivity index (χ2n) is 6.51. The van der Waals surface area contributed by atoms with E-state index < -0.39 is 38.9 Å². The number of phenols is 1. The first-order valence-corrected chi connectivity index (χ1v) is 10.4. The van der Waals surface area contributed by atoms with Gasteiger partial charge in [0.1, 0.15) is 11.4 Å². The van der Waals surface area contributed by atoms with Crippen LogP contribution in [0.2, 0.25) is 0 Å². The molecule has 1 aromatic heterocycles. The lowest BCUT2D eigenvalue weighted by Gasteiger charge is -2.12. The van der Waals surface area contributed by atoms with Gasteiger partial charge >= 0.3 is 0 Å². The van der Waals surface area contributed by atoms with Gasteiger partial charge in [-0.05, 0) is 53.4 Å². The smallest absolute Gasteiger partial charge is 0.274 e. The average molecular weight is 431 g/mol. The van der Waals surface area contributed by atoms with Gasteiger partial charge in [0.25, 0.3) is 5.91 Å². The third kappa shape index (κ3) is 5.31. The Labute approximate surface area is 172 Å². The van der Waals surface area contributed by atoms with Crippen LogP contribution in [0.1, 0.15) is 27.0 Å². The van der Waals surface area contributed by atoms with Crippen molar-refractivity contribution in [3.8, 4) is 5.75 Å². The van der Waals surface area contributed by atoms with Crippen molar-refractivity contribution in [2.24, 2.45) is 0 Å². The number of halogens is 1. The molecule has 30 heavy (non-hydrogen) atoms. The minimum absolute atomic E-state index is 0.138. The van der Waals surface area contributed by atoms with Gasteiger partial charge < -0.3 is 5.11 Å².